The summed E-state index contributed by atoms with van der Waals surface area (Å²) in [5.41, 5.74) is 3.74. The van der Waals surface area contributed by atoms with Gasteiger partial charge in [0.15, 0.2) is 6.29 Å². The van der Waals surface area contributed by atoms with Gasteiger partial charge in [0.05, 0.1) is 17.7 Å². The lowest BCUT2D eigenvalue weighted by atomic mass is 10.1. The SMILES string of the molecule is CN(Cc1cscn1)c1ccc(F)cc1C=O. The van der Waals surface area contributed by atoms with Crippen molar-refractivity contribution >= 4 is 23.3 Å². The highest BCUT2D eigenvalue weighted by molar-refractivity contribution is 7.07. The van der Waals surface area contributed by atoms with Crippen LogP contribution < -0.4 is 4.90 Å². The molecule has 0 amide bonds. The topological polar surface area (TPSA) is 33.2 Å². The lowest BCUT2D eigenvalue weighted by molar-refractivity contribution is 0.112. The Balaban J connectivity index is 2.24. The van der Waals surface area contributed by atoms with Gasteiger partial charge < -0.3 is 4.90 Å². The maximum Gasteiger partial charge on any atom is 0.152 e. The Morgan fingerprint density at radius 3 is 3.00 bits per heavy atom. The molecule has 1 aromatic carbocycles. The Morgan fingerprint density at radius 1 is 1.53 bits per heavy atom. The van der Waals surface area contributed by atoms with Gasteiger partial charge in [-0.2, -0.15) is 0 Å². The van der Waals surface area contributed by atoms with Crippen molar-refractivity contribution in [3.63, 3.8) is 0 Å². The molecule has 0 atom stereocenters. The van der Waals surface area contributed by atoms with E-state index in [9.17, 15) is 9.18 Å². The van der Waals surface area contributed by atoms with Crippen molar-refractivity contribution in [2.24, 2.45) is 0 Å². The minimum Gasteiger partial charge on any atom is -0.368 e. The van der Waals surface area contributed by atoms with Crippen LogP contribution in [0.4, 0.5) is 10.1 Å². The van der Waals surface area contributed by atoms with E-state index in [-0.39, 0.29) is 0 Å². The fourth-order valence-corrected chi connectivity index (χ4v) is 2.16. The molecule has 2 aromatic rings. The highest BCUT2D eigenvalue weighted by Gasteiger charge is 2.09. The number of hydrogen-bond acceptors (Lipinski definition) is 4. The number of carbonyl (C=O) groups is 1. The van der Waals surface area contributed by atoms with Crippen LogP contribution in [0.3, 0.4) is 0 Å². The van der Waals surface area contributed by atoms with Gasteiger partial charge in [-0.3, -0.25) is 4.79 Å². The number of halogens is 1. The van der Waals surface area contributed by atoms with Crippen molar-refractivity contribution in [1.29, 1.82) is 0 Å². The van der Waals surface area contributed by atoms with E-state index in [1.54, 1.807) is 11.6 Å². The van der Waals surface area contributed by atoms with Gasteiger partial charge in [-0.15, -0.1) is 11.3 Å². The summed E-state index contributed by atoms with van der Waals surface area (Å²) in [7, 11) is 1.85. The van der Waals surface area contributed by atoms with Crippen LogP contribution in [0.5, 0.6) is 0 Å². The molecule has 0 aliphatic carbocycles. The van der Waals surface area contributed by atoms with E-state index >= 15 is 0 Å². The van der Waals surface area contributed by atoms with E-state index in [1.807, 2.05) is 17.3 Å². The van der Waals surface area contributed by atoms with E-state index in [0.29, 0.717) is 24.1 Å². The zero-order chi connectivity index (χ0) is 12.3. The highest BCUT2D eigenvalue weighted by Crippen LogP contribution is 2.20. The van der Waals surface area contributed by atoms with Crippen LogP contribution in [0.2, 0.25) is 0 Å². The second-order valence-corrected chi connectivity index (χ2v) is 4.38. The first-order chi connectivity index (χ1) is 8.20. The van der Waals surface area contributed by atoms with E-state index < -0.39 is 5.82 Å². The number of rotatable bonds is 4. The van der Waals surface area contributed by atoms with Crippen molar-refractivity contribution in [3.8, 4) is 0 Å². The van der Waals surface area contributed by atoms with Crippen LogP contribution in [-0.4, -0.2) is 18.3 Å². The second-order valence-electron chi connectivity index (χ2n) is 3.66. The molecule has 0 aliphatic rings. The summed E-state index contributed by atoms with van der Waals surface area (Å²) in [6, 6.07) is 4.19. The summed E-state index contributed by atoms with van der Waals surface area (Å²) in [4.78, 5) is 16.9. The number of benzene rings is 1. The number of aromatic nitrogens is 1. The molecule has 2 rings (SSSR count). The molecule has 88 valence electrons. The zero-order valence-electron chi connectivity index (χ0n) is 9.26. The van der Waals surface area contributed by atoms with Crippen LogP contribution in [0.15, 0.2) is 29.1 Å². The van der Waals surface area contributed by atoms with Crippen LogP contribution in [0.1, 0.15) is 16.1 Å². The standard InChI is InChI=1S/C12H11FN2OS/c1-15(5-11-7-17-8-14-11)12-3-2-10(13)4-9(12)6-16/h2-4,6-8H,5H2,1H3. The molecular weight excluding hydrogens is 239 g/mol. The third-order valence-electron chi connectivity index (χ3n) is 2.41. The lowest BCUT2D eigenvalue weighted by Crippen LogP contribution is -2.18. The number of hydrogen-bond donors (Lipinski definition) is 0. The number of carbonyl (C=O) groups excluding carboxylic acids is 1. The second kappa shape index (κ2) is 5.05. The van der Waals surface area contributed by atoms with Crippen LogP contribution in [0.25, 0.3) is 0 Å². The zero-order valence-corrected chi connectivity index (χ0v) is 10.1. The molecule has 3 nitrogen and oxygen atoms in total. The first kappa shape index (κ1) is 11.7. The first-order valence-corrected chi connectivity index (χ1v) is 5.98. The Labute approximate surface area is 103 Å². The molecular formula is C12H11FN2OS. The number of aldehydes is 1. The van der Waals surface area contributed by atoms with Crippen molar-refractivity contribution in [2.75, 3.05) is 11.9 Å². The van der Waals surface area contributed by atoms with Crippen LogP contribution in [0, 0.1) is 5.82 Å². The fraction of sp³-hybridized carbons (Fsp3) is 0.167. The molecule has 1 heterocycles. The predicted molar refractivity (Wildman–Crippen MR) is 66.0 cm³/mol. The van der Waals surface area contributed by atoms with Crippen LogP contribution in [-0.2, 0) is 6.54 Å². The maximum absolute atomic E-state index is 13.0. The van der Waals surface area contributed by atoms with E-state index in [1.165, 1.54) is 23.5 Å². The third kappa shape index (κ3) is 2.68. The van der Waals surface area contributed by atoms with Crippen molar-refractivity contribution in [1.82, 2.24) is 4.98 Å². The predicted octanol–water partition coefficient (Wildman–Crippen LogP) is 2.73. The van der Waals surface area contributed by atoms with Gasteiger partial charge in [0, 0.05) is 23.7 Å². The van der Waals surface area contributed by atoms with Gasteiger partial charge in [0.1, 0.15) is 5.82 Å². The third-order valence-corrected chi connectivity index (χ3v) is 3.05. The average Bonchev–Trinajstić information content (AvgIpc) is 2.81. The van der Waals surface area contributed by atoms with E-state index in [2.05, 4.69) is 4.98 Å². The molecule has 5 heteroatoms. The number of anilines is 1. The molecule has 17 heavy (non-hydrogen) atoms. The Morgan fingerprint density at radius 2 is 2.35 bits per heavy atom. The van der Waals surface area contributed by atoms with Gasteiger partial charge >= 0.3 is 0 Å². The summed E-state index contributed by atoms with van der Waals surface area (Å²) >= 11 is 1.52. The summed E-state index contributed by atoms with van der Waals surface area (Å²) in [6.07, 6.45) is 0.663. The quantitative estimate of drug-likeness (QED) is 0.782. The van der Waals surface area contributed by atoms with Gasteiger partial charge in [0.25, 0.3) is 0 Å². The maximum atomic E-state index is 13.0. The molecule has 0 spiro atoms. The Hall–Kier alpha value is -1.75. The normalized spacial score (nSPS) is 10.2. The molecule has 0 saturated carbocycles. The summed E-state index contributed by atoms with van der Waals surface area (Å²) in [6.45, 7) is 0.593. The highest BCUT2D eigenvalue weighted by atomic mass is 32.1. The Kier molecular flexibility index (Phi) is 3.49. The van der Waals surface area contributed by atoms with Crippen LogP contribution >= 0.6 is 11.3 Å². The molecule has 0 aliphatic heterocycles. The number of thiazole rings is 1. The summed E-state index contributed by atoms with van der Waals surface area (Å²) in [5, 5.41) is 1.95. The fourth-order valence-electron chi connectivity index (χ4n) is 1.61. The lowest BCUT2D eigenvalue weighted by Gasteiger charge is -2.19. The molecule has 0 fully saturated rings. The molecule has 0 bridgehead atoms. The molecule has 1 aromatic heterocycles. The molecule has 0 saturated heterocycles. The first-order valence-electron chi connectivity index (χ1n) is 5.03. The van der Waals surface area contributed by atoms with Gasteiger partial charge in [-0.05, 0) is 18.2 Å². The Bertz CT molecular complexity index is 513. The minimum absolute atomic E-state index is 0.350. The van der Waals surface area contributed by atoms with E-state index in [4.69, 9.17) is 0 Å². The smallest absolute Gasteiger partial charge is 0.152 e. The minimum atomic E-state index is -0.405. The molecule has 0 N–H and O–H groups in total. The average molecular weight is 250 g/mol. The molecule has 0 radical (unpaired) electrons. The van der Waals surface area contributed by atoms with Crippen molar-refractivity contribution < 1.29 is 9.18 Å². The van der Waals surface area contributed by atoms with Gasteiger partial charge in [0.2, 0.25) is 0 Å². The summed E-state index contributed by atoms with van der Waals surface area (Å²) < 4.78 is 13.0. The monoisotopic (exact) mass is 250 g/mol. The van der Waals surface area contributed by atoms with Gasteiger partial charge in [-0.1, -0.05) is 0 Å². The largest absolute Gasteiger partial charge is 0.368 e. The van der Waals surface area contributed by atoms with Gasteiger partial charge in [-0.25, -0.2) is 9.37 Å². The summed E-state index contributed by atoms with van der Waals surface area (Å²) in [5.74, 6) is -0.405. The van der Waals surface area contributed by atoms with Crippen molar-refractivity contribution in [2.45, 2.75) is 6.54 Å². The molecule has 0 unspecified atom stereocenters. The van der Waals surface area contributed by atoms with E-state index in [0.717, 1.165) is 5.69 Å². The number of nitrogens with zero attached hydrogens (tertiary/aromatic N) is 2. The van der Waals surface area contributed by atoms with Crippen molar-refractivity contribution in [3.05, 3.63) is 46.2 Å².